The van der Waals surface area contributed by atoms with Gasteiger partial charge in [0.2, 0.25) is 10.0 Å². The Labute approximate surface area is 179 Å². The summed E-state index contributed by atoms with van der Waals surface area (Å²) >= 11 is 0. The van der Waals surface area contributed by atoms with Crippen LogP contribution in [0.15, 0.2) is 71.6 Å². The van der Waals surface area contributed by atoms with Gasteiger partial charge in [-0.3, -0.25) is 0 Å². The van der Waals surface area contributed by atoms with Crippen molar-refractivity contribution in [3.63, 3.8) is 0 Å². The van der Waals surface area contributed by atoms with E-state index in [0.717, 1.165) is 21.9 Å². The monoisotopic (exact) mass is 426 g/mol. The largest absolute Gasteiger partial charge is 0.372 e. The molecule has 1 unspecified atom stereocenters. The fourth-order valence-corrected chi connectivity index (χ4v) is 5.03. The Bertz CT molecular complexity index is 1070. The number of hydrogen-bond donors (Lipinski definition) is 2. The molecule has 5 nitrogen and oxygen atoms in total. The van der Waals surface area contributed by atoms with Crippen LogP contribution in [0, 0.1) is 6.92 Å². The molecule has 0 spiro atoms. The SMILES string of the molecule is Cc1ccc(S(=O)(=O)N[C@@H](CCCN)COC(C)c2ccccc2)c2ccccc12. The second-order valence-electron chi connectivity index (χ2n) is 7.56. The van der Waals surface area contributed by atoms with Crippen LogP contribution in [0.3, 0.4) is 0 Å². The molecule has 3 aromatic carbocycles. The molecule has 0 aliphatic heterocycles. The Hall–Kier alpha value is -2.25. The van der Waals surface area contributed by atoms with Crippen molar-refractivity contribution in [1.29, 1.82) is 0 Å². The Balaban J connectivity index is 1.79. The zero-order chi connectivity index (χ0) is 21.6. The van der Waals surface area contributed by atoms with Crippen molar-refractivity contribution in [2.75, 3.05) is 13.2 Å². The molecule has 0 saturated heterocycles. The Kier molecular flexibility index (Phi) is 7.61. The van der Waals surface area contributed by atoms with Crippen molar-refractivity contribution in [2.24, 2.45) is 5.73 Å². The van der Waals surface area contributed by atoms with Crippen LogP contribution >= 0.6 is 0 Å². The number of hydrogen-bond acceptors (Lipinski definition) is 4. The predicted molar refractivity (Wildman–Crippen MR) is 122 cm³/mol. The van der Waals surface area contributed by atoms with Crippen molar-refractivity contribution in [3.8, 4) is 0 Å². The van der Waals surface area contributed by atoms with E-state index in [1.807, 2.05) is 74.5 Å². The van der Waals surface area contributed by atoms with Gasteiger partial charge in [-0.15, -0.1) is 0 Å². The number of aryl methyl sites for hydroxylation is 1. The number of benzene rings is 3. The van der Waals surface area contributed by atoms with E-state index in [0.29, 0.717) is 19.4 Å². The van der Waals surface area contributed by atoms with Crippen molar-refractivity contribution in [3.05, 3.63) is 77.9 Å². The molecule has 160 valence electrons. The first-order valence-corrected chi connectivity index (χ1v) is 11.8. The maximum atomic E-state index is 13.2. The molecule has 0 aliphatic rings. The van der Waals surface area contributed by atoms with Gasteiger partial charge in [-0.05, 0) is 55.8 Å². The highest BCUT2D eigenvalue weighted by molar-refractivity contribution is 7.89. The van der Waals surface area contributed by atoms with Gasteiger partial charge in [-0.2, -0.15) is 0 Å². The summed E-state index contributed by atoms with van der Waals surface area (Å²) in [6, 6.07) is 20.6. The molecule has 0 heterocycles. The molecular formula is C24H30N2O3S. The minimum absolute atomic E-state index is 0.128. The number of ether oxygens (including phenoxy) is 1. The molecule has 3 rings (SSSR count). The summed E-state index contributed by atoms with van der Waals surface area (Å²) in [6.07, 6.45) is 1.20. The van der Waals surface area contributed by atoms with E-state index in [-0.39, 0.29) is 23.6 Å². The van der Waals surface area contributed by atoms with E-state index in [2.05, 4.69) is 4.72 Å². The molecule has 30 heavy (non-hydrogen) atoms. The minimum Gasteiger partial charge on any atom is -0.372 e. The van der Waals surface area contributed by atoms with Gasteiger partial charge in [0.15, 0.2) is 0 Å². The van der Waals surface area contributed by atoms with Crippen LogP contribution in [-0.4, -0.2) is 27.6 Å². The lowest BCUT2D eigenvalue weighted by atomic mass is 10.1. The van der Waals surface area contributed by atoms with Crippen LogP contribution in [0.5, 0.6) is 0 Å². The van der Waals surface area contributed by atoms with E-state index < -0.39 is 10.0 Å². The standard InChI is InChI=1S/C24H30N2O3S/c1-18-14-15-24(23-13-7-6-12-22(18)23)30(27,28)26-21(11-8-16-25)17-29-19(2)20-9-4-3-5-10-20/h3-7,9-10,12-15,19,21,26H,8,11,16-17,25H2,1-2H3/t19?,21-/m0/s1. The Morgan fingerprint density at radius 1 is 0.967 bits per heavy atom. The third kappa shape index (κ3) is 5.46. The van der Waals surface area contributed by atoms with E-state index in [1.54, 1.807) is 6.07 Å². The maximum absolute atomic E-state index is 13.2. The molecular weight excluding hydrogens is 396 g/mol. The molecule has 0 radical (unpaired) electrons. The Morgan fingerprint density at radius 3 is 2.33 bits per heavy atom. The van der Waals surface area contributed by atoms with Crippen LogP contribution in [0.1, 0.15) is 37.0 Å². The van der Waals surface area contributed by atoms with Crippen molar-refractivity contribution in [1.82, 2.24) is 4.72 Å². The lowest BCUT2D eigenvalue weighted by Crippen LogP contribution is -2.39. The van der Waals surface area contributed by atoms with E-state index in [1.165, 1.54) is 0 Å². The van der Waals surface area contributed by atoms with Crippen LogP contribution in [0.2, 0.25) is 0 Å². The summed E-state index contributed by atoms with van der Waals surface area (Å²) in [5.74, 6) is 0. The van der Waals surface area contributed by atoms with E-state index in [9.17, 15) is 8.42 Å². The third-order valence-electron chi connectivity index (χ3n) is 5.29. The molecule has 3 N–H and O–H groups in total. The van der Waals surface area contributed by atoms with Crippen molar-refractivity contribution < 1.29 is 13.2 Å². The average Bonchev–Trinajstić information content (AvgIpc) is 2.76. The molecule has 0 aromatic heterocycles. The molecule has 6 heteroatoms. The highest BCUT2D eigenvalue weighted by Crippen LogP contribution is 2.26. The van der Waals surface area contributed by atoms with Crippen LogP contribution < -0.4 is 10.5 Å². The molecule has 0 aliphatic carbocycles. The predicted octanol–water partition coefficient (Wildman–Crippen LogP) is 4.31. The van der Waals surface area contributed by atoms with Gasteiger partial charge in [0.25, 0.3) is 0 Å². The maximum Gasteiger partial charge on any atom is 0.241 e. The molecule has 0 bridgehead atoms. The van der Waals surface area contributed by atoms with E-state index in [4.69, 9.17) is 10.5 Å². The van der Waals surface area contributed by atoms with Gasteiger partial charge >= 0.3 is 0 Å². The summed E-state index contributed by atoms with van der Waals surface area (Å²) in [7, 11) is -3.72. The zero-order valence-electron chi connectivity index (χ0n) is 17.5. The van der Waals surface area contributed by atoms with Gasteiger partial charge in [0.05, 0.1) is 17.6 Å². The first kappa shape index (κ1) is 22.4. The fourth-order valence-electron chi connectivity index (χ4n) is 3.56. The van der Waals surface area contributed by atoms with Crippen molar-refractivity contribution in [2.45, 2.75) is 43.7 Å². The molecule has 2 atom stereocenters. The smallest absolute Gasteiger partial charge is 0.241 e. The number of nitrogens with two attached hydrogens (primary N) is 1. The number of rotatable bonds is 10. The molecule has 3 aromatic rings. The second-order valence-corrected chi connectivity index (χ2v) is 9.24. The minimum atomic E-state index is -3.72. The number of nitrogens with one attached hydrogen (secondary N) is 1. The first-order valence-electron chi connectivity index (χ1n) is 10.3. The van der Waals surface area contributed by atoms with Crippen LogP contribution in [0.4, 0.5) is 0 Å². The first-order chi connectivity index (χ1) is 14.4. The summed E-state index contributed by atoms with van der Waals surface area (Å²) in [6.45, 7) is 4.73. The third-order valence-corrected chi connectivity index (χ3v) is 6.87. The second kappa shape index (κ2) is 10.2. The summed E-state index contributed by atoms with van der Waals surface area (Å²) < 4.78 is 35.4. The Morgan fingerprint density at radius 2 is 1.63 bits per heavy atom. The summed E-state index contributed by atoms with van der Waals surface area (Å²) in [5.41, 5.74) is 7.78. The van der Waals surface area contributed by atoms with Gasteiger partial charge < -0.3 is 10.5 Å². The summed E-state index contributed by atoms with van der Waals surface area (Å²) in [5, 5.41) is 1.66. The average molecular weight is 427 g/mol. The van der Waals surface area contributed by atoms with Crippen LogP contribution in [-0.2, 0) is 14.8 Å². The normalized spacial score (nSPS) is 14.0. The fraction of sp³-hybridized carbons (Fsp3) is 0.333. The van der Waals surface area contributed by atoms with Gasteiger partial charge in [-0.1, -0.05) is 60.7 Å². The van der Waals surface area contributed by atoms with Gasteiger partial charge in [0, 0.05) is 11.4 Å². The van der Waals surface area contributed by atoms with Crippen LogP contribution in [0.25, 0.3) is 10.8 Å². The quantitative estimate of drug-likeness (QED) is 0.506. The number of sulfonamides is 1. The topological polar surface area (TPSA) is 81.4 Å². The number of fused-ring (bicyclic) bond motifs is 1. The van der Waals surface area contributed by atoms with Gasteiger partial charge in [-0.25, -0.2) is 13.1 Å². The lowest BCUT2D eigenvalue weighted by Gasteiger charge is -2.22. The molecule has 0 amide bonds. The van der Waals surface area contributed by atoms with E-state index >= 15 is 0 Å². The highest BCUT2D eigenvalue weighted by Gasteiger charge is 2.23. The summed E-state index contributed by atoms with van der Waals surface area (Å²) in [4.78, 5) is 0.289. The van der Waals surface area contributed by atoms with Crippen molar-refractivity contribution >= 4 is 20.8 Å². The molecule has 0 fully saturated rings. The zero-order valence-corrected chi connectivity index (χ0v) is 18.4. The lowest BCUT2D eigenvalue weighted by molar-refractivity contribution is 0.0513. The van der Waals surface area contributed by atoms with Gasteiger partial charge in [0.1, 0.15) is 0 Å². The highest BCUT2D eigenvalue weighted by atomic mass is 32.2. The molecule has 0 saturated carbocycles.